The van der Waals surface area contributed by atoms with Gasteiger partial charge < -0.3 is 9.80 Å². The van der Waals surface area contributed by atoms with Gasteiger partial charge >= 0.3 is 0 Å². The van der Waals surface area contributed by atoms with Crippen LogP contribution in [0, 0.1) is 0 Å². The van der Waals surface area contributed by atoms with E-state index < -0.39 is 0 Å². The van der Waals surface area contributed by atoms with Gasteiger partial charge in [0, 0.05) is 37.1 Å². The molecule has 0 unspecified atom stereocenters. The SMILES string of the molecule is CCC(=O)N1CCN(C(=O)c2ccc3c(c2)CCCCC3=O)C1. The molecule has 1 aromatic rings. The lowest BCUT2D eigenvalue weighted by atomic mass is 9.99. The van der Waals surface area contributed by atoms with Crippen LogP contribution in [0.2, 0.25) is 0 Å². The molecule has 1 heterocycles. The average molecular weight is 314 g/mol. The Bertz CT molecular complexity index is 654. The number of benzene rings is 1. The maximum atomic E-state index is 12.7. The average Bonchev–Trinajstić information content (AvgIpc) is 2.99. The van der Waals surface area contributed by atoms with Gasteiger partial charge in [0.05, 0.1) is 6.67 Å². The minimum absolute atomic E-state index is 0.0594. The lowest BCUT2D eigenvalue weighted by Gasteiger charge is -2.18. The second-order valence-corrected chi connectivity index (χ2v) is 6.22. The highest BCUT2D eigenvalue weighted by Gasteiger charge is 2.28. The third kappa shape index (κ3) is 3.14. The second kappa shape index (κ2) is 6.52. The molecule has 1 aliphatic carbocycles. The Labute approximate surface area is 136 Å². The minimum atomic E-state index is -0.0594. The second-order valence-electron chi connectivity index (χ2n) is 6.22. The maximum Gasteiger partial charge on any atom is 0.255 e. The lowest BCUT2D eigenvalue weighted by molar-refractivity contribution is -0.130. The van der Waals surface area contributed by atoms with Crippen LogP contribution in [0.15, 0.2) is 18.2 Å². The summed E-state index contributed by atoms with van der Waals surface area (Å²) < 4.78 is 0. The summed E-state index contributed by atoms with van der Waals surface area (Å²) in [5, 5.41) is 0. The third-order valence-electron chi connectivity index (χ3n) is 4.68. The molecule has 0 radical (unpaired) electrons. The number of fused-ring (bicyclic) bond motifs is 1. The predicted octanol–water partition coefficient (Wildman–Crippen LogP) is 2.25. The van der Waals surface area contributed by atoms with E-state index in [0.717, 1.165) is 30.4 Å². The summed E-state index contributed by atoms with van der Waals surface area (Å²) in [7, 11) is 0. The monoisotopic (exact) mass is 314 g/mol. The van der Waals surface area contributed by atoms with Crippen molar-refractivity contribution in [3.63, 3.8) is 0 Å². The van der Waals surface area contributed by atoms with Crippen LogP contribution < -0.4 is 0 Å². The molecule has 0 aromatic heterocycles. The highest BCUT2D eigenvalue weighted by atomic mass is 16.2. The van der Waals surface area contributed by atoms with E-state index in [2.05, 4.69) is 0 Å². The van der Waals surface area contributed by atoms with Gasteiger partial charge in [-0.2, -0.15) is 0 Å². The fourth-order valence-electron chi connectivity index (χ4n) is 3.31. The van der Waals surface area contributed by atoms with Gasteiger partial charge in [0.25, 0.3) is 5.91 Å². The van der Waals surface area contributed by atoms with Crippen LogP contribution >= 0.6 is 0 Å². The molecule has 1 fully saturated rings. The van der Waals surface area contributed by atoms with Crippen molar-refractivity contribution in [3.05, 3.63) is 34.9 Å². The summed E-state index contributed by atoms with van der Waals surface area (Å²) in [6.07, 6.45) is 3.81. The molecule has 2 amide bonds. The number of aryl methyl sites for hydroxylation is 1. The molecule has 0 saturated carbocycles. The van der Waals surface area contributed by atoms with E-state index in [9.17, 15) is 14.4 Å². The zero-order chi connectivity index (χ0) is 16.4. The largest absolute Gasteiger partial charge is 0.323 e. The first-order chi connectivity index (χ1) is 11.1. The van der Waals surface area contributed by atoms with Crippen molar-refractivity contribution in [2.75, 3.05) is 19.8 Å². The van der Waals surface area contributed by atoms with Crippen LogP contribution in [0.25, 0.3) is 0 Å². The van der Waals surface area contributed by atoms with Gasteiger partial charge in [0.15, 0.2) is 5.78 Å². The minimum Gasteiger partial charge on any atom is -0.323 e. The molecule has 2 aliphatic rings. The summed E-state index contributed by atoms with van der Waals surface area (Å²) in [5.41, 5.74) is 2.37. The zero-order valence-electron chi connectivity index (χ0n) is 13.5. The maximum absolute atomic E-state index is 12.7. The van der Waals surface area contributed by atoms with Crippen molar-refractivity contribution in [2.45, 2.75) is 39.0 Å². The van der Waals surface area contributed by atoms with Crippen LogP contribution in [0.5, 0.6) is 0 Å². The van der Waals surface area contributed by atoms with Gasteiger partial charge in [-0.15, -0.1) is 0 Å². The number of nitrogens with zero attached hydrogens (tertiary/aromatic N) is 2. The summed E-state index contributed by atoms with van der Waals surface area (Å²) in [4.78, 5) is 39.9. The first kappa shape index (κ1) is 15.7. The van der Waals surface area contributed by atoms with E-state index in [-0.39, 0.29) is 17.6 Å². The van der Waals surface area contributed by atoms with Crippen molar-refractivity contribution in [1.82, 2.24) is 9.80 Å². The van der Waals surface area contributed by atoms with Crippen molar-refractivity contribution in [1.29, 1.82) is 0 Å². The van der Waals surface area contributed by atoms with E-state index >= 15 is 0 Å². The number of carbonyl (C=O) groups is 3. The molecule has 5 nitrogen and oxygen atoms in total. The first-order valence-corrected chi connectivity index (χ1v) is 8.33. The van der Waals surface area contributed by atoms with Gasteiger partial charge in [0.2, 0.25) is 5.91 Å². The van der Waals surface area contributed by atoms with Crippen LogP contribution in [-0.2, 0) is 11.2 Å². The molecule has 5 heteroatoms. The summed E-state index contributed by atoms with van der Waals surface area (Å²) >= 11 is 0. The van der Waals surface area contributed by atoms with E-state index in [1.165, 1.54) is 0 Å². The predicted molar refractivity (Wildman–Crippen MR) is 86.2 cm³/mol. The van der Waals surface area contributed by atoms with Crippen LogP contribution in [0.4, 0.5) is 0 Å². The molecule has 0 N–H and O–H groups in total. The molecule has 1 aromatic carbocycles. The van der Waals surface area contributed by atoms with Crippen LogP contribution in [0.1, 0.15) is 58.9 Å². The molecule has 0 atom stereocenters. The highest BCUT2D eigenvalue weighted by molar-refractivity contribution is 6.00. The lowest BCUT2D eigenvalue weighted by Crippen LogP contribution is -2.33. The van der Waals surface area contributed by atoms with E-state index in [4.69, 9.17) is 0 Å². The van der Waals surface area contributed by atoms with Crippen molar-refractivity contribution in [3.8, 4) is 0 Å². The van der Waals surface area contributed by atoms with Crippen molar-refractivity contribution in [2.24, 2.45) is 0 Å². The van der Waals surface area contributed by atoms with Crippen LogP contribution in [-0.4, -0.2) is 47.2 Å². The summed E-state index contributed by atoms with van der Waals surface area (Å²) in [6, 6.07) is 5.40. The summed E-state index contributed by atoms with van der Waals surface area (Å²) in [5.74, 6) is 0.195. The number of hydrogen-bond acceptors (Lipinski definition) is 3. The molecular formula is C18H22N2O3. The number of rotatable bonds is 2. The Morgan fingerprint density at radius 3 is 2.61 bits per heavy atom. The highest BCUT2D eigenvalue weighted by Crippen LogP contribution is 2.23. The van der Waals surface area contributed by atoms with Gasteiger partial charge in [-0.1, -0.05) is 13.0 Å². The molecule has 1 aliphatic heterocycles. The number of carbonyl (C=O) groups excluding carboxylic acids is 3. The fraction of sp³-hybridized carbons (Fsp3) is 0.500. The zero-order valence-corrected chi connectivity index (χ0v) is 13.5. The van der Waals surface area contributed by atoms with Gasteiger partial charge in [-0.05, 0) is 37.0 Å². The normalized spacial score (nSPS) is 17.9. The van der Waals surface area contributed by atoms with Gasteiger partial charge in [0.1, 0.15) is 0 Å². The third-order valence-corrected chi connectivity index (χ3v) is 4.68. The number of hydrogen-bond donors (Lipinski definition) is 0. The molecule has 23 heavy (non-hydrogen) atoms. The Balaban J connectivity index is 1.77. The molecule has 0 spiro atoms. The Morgan fingerprint density at radius 2 is 1.83 bits per heavy atom. The topological polar surface area (TPSA) is 57.7 Å². The van der Waals surface area contributed by atoms with Crippen molar-refractivity contribution < 1.29 is 14.4 Å². The van der Waals surface area contributed by atoms with E-state index in [0.29, 0.717) is 38.2 Å². The molecule has 0 bridgehead atoms. The standard InChI is InChI=1S/C18H22N2O3/c1-2-17(22)19-9-10-20(12-19)18(23)14-7-8-15-13(11-14)5-3-4-6-16(15)21/h7-8,11H,2-6,9-10,12H2,1H3. The van der Waals surface area contributed by atoms with Crippen molar-refractivity contribution >= 4 is 17.6 Å². The Morgan fingerprint density at radius 1 is 1.09 bits per heavy atom. The summed E-state index contributed by atoms with van der Waals surface area (Å²) in [6.45, 7) is 3.36. The first-order valence-electron chi connectivity index (χ1n) is 8.33. The van der Waals surface area contributed by atoms with E-state index in [1.54, 1.807) is 21.9 Å². The Kier molecular flexibility index (Phi) is 4.46. The van der Waals surface area contributed by atoms with E-state index in [1.807, 2.05) is 13.0 Å². The molecular weight excluding hydrogens is 292 g/mol. The molecule has 122 valence electrons. The number of Topliss-reactive ketones (excluding diaryl/α,β-unsaturated/α-hetero) is 1. The van der Waals surface area contributed by atoms with Crippen LogP contribution in [0.3, 0.4) is 0 Å². The number of amides is 2. The van der Waals surface area contributed by atoms with Gasteiger partial charge in [-0.25, -0.2) is 0 Å². The quantitative estimate of drug-likeness (QED) is 0.787. The fourth-order valence-corrected chi connectivity index (χ4v) is 3.31. The number of ketones is 1. The molecule has 1 saturated heterocycles. The Hall–Kier alpha value is -2.17. The molecule has 3 rings (SSSR count). The van der Waals surface area contributed by atoms with Gasteiger partial charge in [-0.3, -0.25) is 14.4 Å². The smallest absolute Gasteiger partial charge is 0.255 e.